The third-order valence-corrected chi connectivity index (χ3v) is 4.98. The Kier molecular flexibility index (Phi) is 17.2. The van der Waals surface area contributed by atoms with Gasteiger partial charge in [0.2, 0.25) is 0 Å². The standard InChI is InChI=1S/C20H40N4O2.HI/c1-4-26-19(25)13-7-5-6-9-14-22-20(21-3)23-15-11-17-24-16-10-8-12-18(24)2;/h18H,4-17H2,1-3H3,(H2,21,22,23);1H. The molecule has 1 fully saturated rings. The number of hydrogen-bond acceptors (Lipinski definition) is 4. The molecule has 6 nitrogen and oxygen atoms in total. The number of esters is 1. The van der Waals surface area contributed by atoms with Crippen molar-refractivity contribution in [2.75, 3.05) is 39.8 Å². The number of piperidine rings is 1. The van der Waals surface area contributed by atoms with Crippen LogP contribution in [0.4, 0.5) is 0 Å². The lowest BCUT2D eigenvalue weighted by atomic mass is 10.0. The van der Waals surface area contributed by atoms with Gasteiger partial charge in [0, 0.05) is 39.1 Å². The highest BCUT2D eigenvalue weighted by Crippen LogP contribution is 2.16. The molecule has 0 aromatic rings. The molecule has 0 aromatic heterocycles. The number of guanidine groups is 1. The fraction of sp³-hybridized carbons (Fsp3) is 0.900. The van der Waals surface area contributed by atoms with Crippen molar-refractivity contribution < 1.29 is 9.53 Å². The minimum Gasteiger partial charge on any atom is -0.466 e. The second-order valence-electron chi connectivity index (χ2n) is 7.13. The van der Waals surface area contributed by atoms with Crippen molar-refractivity contribution in [1.82, 2.24) is 15.5 Å². The topological polar surface area (TPSA) is 66.0 Å². The molecule has 0 spiro atoms. The van der Waals surface area contributed by atoms with Gasteiger partial charge in [-0.05, 0) is 52.5 Å². The molecule has 1 heterocycles. The maximum Gasteiger partial charge on any atom is 0.305 e. The van der Waals surface area contributed by atoms with Crippen molar-refractivity contribution in [3.63, 3.8) is 0 Å². The molecule has 0 aromatic carbocycles. The van der Waals surface area contributed by atoms with Crippen molar-refractivity contribution in [1.29, 1.82) is 0 Å². The van der Waals surface area contributed by atoms with Gasteiger partial charge >= 0.3 is 5.97 Å². The Bertz CT molecular complexity index is 407. The first kappa shape index (κ1) is 26.4. The minimum atomic E-state index is -0.0748. The Balaban J connectivity index is 0.00000676. The Morgan fingerprint density at radius 2 is 1.81 bits per heavy atom. The molecule has 1 rings (SSSR count). The first-order chi connectivity index (χ1) is 12.7. The van der Waals surface area contributed by atoms with Crippen molar-refractivity contribution in [2.45, 2.75) is 77.7 Å². The quantitative estimate of drug-likeness (QED) is 0.142. The van der Waals surface area contributed by atoms with Crippen molar-refractivity contribution in [2.24, 2.45) is 4.99 Å². The average molecular weight is 496 g/mol. The van der Waals surface area contributed by atoms with Crippen LogP contribution in [-0.2, 0) is 9.53 Å². The first-order valence-corrected chi connectivity index (χ1v) is 10.5. The number of nitrogens with one attached hydrogen (secondary N) is 2. The number of nitrogens with zero attached hydrogens (tertiary/aromatic N) is 2. The number of hydrogen-bond donors (Lipinski definition) is 2. The molecule has 160 valence electrons. The molecule has 1 saturated heterocycles. The van der Waals surface area contributed by atoms with Gasteiger partial charge in [-0.25, -0.2) is 0 Å². The summed E-state index contributed by atoms with van der Waals surface area (Å²) in [5.74, 6) is 0.817. The number of ether oxygens (including phenoxy) is 1. The summed E-state index contributed by atoms with van der Waals surface area (Å²) in [6, 6.07) is 0.741. The number of carbonyl (C=O) groups is 1. The third kappa shape index (κ3) is 13.3. The van der Waals surface area contributed by atoms with E-state index in [-0.39, 0.29) is 29.9 Å². The average Bonchev–Trinajstić information content (AvgIpc) is 2.64. The van der Waals surface area contributed by atoms with Crippen molar-refractivity contribution in [3.8, 4) is 0 Å². The van der Waals surface area contributed by atoms with Gasteiger partial charge in [-0.15, -0.1) is 24.0 Å². The van der Waals surface area contributed by atoms with E-state index in [9.17, 15) is 4.79 Å². The molecule has 0 aliphatic carbocycles. The molecule has 2 N–H and O–H groups in total. The van der Waals surface area contributed by atoms with Gasteiger partial charge in [0.15, 0.2) is 5.96 Å². The lowest BCUT2D eigenvalue weighted by molar-refractivity contribution is -0.143. The second-order valence-corrected chi connectivity index (χ2v) is 7.13. The lowest BCUT2D eigenvalue weighted by Gasteiger charge is -2.33. The van der Waals surface area contributed by atoms with Crippen LogP contribution in [-0.4, -0.2) is 62.7 Å². The number of aliphatic imine (C=N–C) groups is 1. The van der Waals surface area contributed by atoms with E-state index in [1.54, 1.807) is 0 Å². The van der Waals surface area contributed by atoms with E-state index in [1.165, 1.54) is 32.4 Å². The van der Waals surface area contributed by atoms with Crippen molar-refractivity contribution in [3.05, 3.63) is 0 Å². The predicted octanol–water partition coefficient (Wildman–Crippen LogP) is 3.55. The summed E-state index contributed by atoms with van der Waals surface area (Å²) in [4.78, 5) is 18.1. The van der Waals surface area contributed by atoms with E-state index < -0.39 is 0 Å². The number of halogens is 1. The summed E-state index contributed by atoms with van der Waals surface area (Å²) >= 11 is 0. The van der Waals surface area contributed by atoms with E-state index in [0.717, 1.165) is 57.2 Å². The van der Waals surface area contributed by atoms with Crippen LogP contribution in [0.25, 0.3) is 0 Å². The van der Waals surface area contributed by atoms with Crippen LogP contribution in [0.15, 0.2) is 4.99 Å². The SMILES string of the molecule is CCOC(=O)CCCCCCNC(=NC)NCCCN1CCCCC1C.I. The normalized spacial score (nSPS) is 17.9. The van der Waals surface area contributed by atoms with E-state index in [0.29, 0.717) is 13.0 Å². The highest BCUT2D eigenvalue weighted by atomic mass is 127. The molecule has 0 radical (unpaired) electrons. The van der Waals surface area contributed by atoms with Crippen LogP contribution in [0.2, 0.25) is 0 Å². The predicted molar refractivity (Wildman–Crippen MR) is 124 cm³/mol. The summed E-state index contributed by atoms with van der Waals surface area (Å²) in [5.41, 5.74) is 0. The van der Waals surface area contributed by atoms with Gasteiger partial charge in [0.25, 0.3) is 0 Å². The zero-order valence-electron chi connectivity index (χ0n) is 17.6. The summed E-state index contributed by atoms with van der Waals surface area (Å²) in [6.45, 7) is 8.98. The molecular weight excluding hydrogens is 455 g/mol. The van der Waals surface area contributed by atoms with E-state index in [2.05, 4.69) is 27.4 Å². The van der Waals surface area contributed by atoms with Crippen LogP contribution >= 0.6 is 24.0 Å². The van der Waals surface area contributed by atoms with Crippen LogP contribution in [0.5, 0.6) is 0 Å². The Morgan fingerprint density at radius 1 is 1.11 bits per heavy atom. The largest absolute Gasteiger partial charge is 0.466 e. The molecule has 1 aliphatic rings. The molecular formula is C20H41IN4O2. The van der Waals surface area contributed by atoms with E-state index in [4.69, 9.17) is 4.74 Å². The summed E-state index contributed by atoms with van der Waals surface area (Å²) in [6.07, 6.45) is 9.97. The van der Waals surface area contributed by atoms with Gasteiger partial charge in [0.1, 0.15) is 0 Å². The van der Waals surface area contributed by atoms with Crippen molar-refractivity contribution >= 4 is 35.9 Å². The lowest BCUT2D eigenvalue weighted by Crippen LogP contribution is -2.41. The van der Waals surface area contributed by atoms with Crippen LogP contribution in [0, 0.1) is 0 Å². The Labute approximate surface area is 183 Å². The Morgan fingerprint density at radius 3 is 2.48 bits per heavy atom. The zero-order chi connectivity index (χ0) is 19.0. The highest BCUT2D eigenvalue weighted by Gasteiger charge is 2.17. The molecule has 27 heavy (non-hydrogen) atoms. The number of rotatable bonds is 12. The molecule has 7 heteroatoms. The van der Waals surface area contributed by atoms with Gasteiger partial charge < -0.3 is 20.3 Å². The molecule has 0 saturated carbocycles. The fourth-order valence-electron chi connectivity index (χ4n) is 3.39. The Hall–Kier alpha value is -0.570. The van der Waals surface area contributed by atoms with E-state index in [1.807, 2.05) is 14.0 Å². The second kappa shape index (κ2) is 17.5. The van der Waals surface area contributed by atoms with Gasteiger partial charge in [-0.3, -0.25) is 9.79 Å². The van der Waals surface area contributed by atoms with E-state index >= 15 is 0 Å². The summed E-state index contributed by atoms with van der Waals surface area (Å²) in [5, 5.41) is 6.78. The fourth-order valence-corrected chi connectivity index (χ4v) is 3.39. The zero-order valence-corrected chi connectivity index (χ0v) is 19.9. The molecule has 1 unspecified atom stereocenters. The first-order valence-electron chi connectivity index (χ1n) is 10.5. The van der Waals surface area contributed by atoms with Gasteiger partial charge in [-0.1, -0.05) is 19.3 Å². The third-order valence-electron chi connectivity index (χ3n) is 4.98. The van der Waals surface area contributed by atoms with Crippen LogP contribution in [0.3, 0.4) is 0 Å². The van der Waals surface area contributed by atoms with Crippen LogP contribution in [0.1, 0.15) is 71.6 Å². The highest BCUT2D eigenvalue weighted by molar-refractivity contribution is 14.0. The number of likely N-dealkylation sites (tertiary alicyclic amines) is 1. The maximum atomic E-state index is 11.2. The number of carbonyl (C=O) groups excluding carboxylic acids is 1. The minimum absolute atomic E-state index is 0. The monoisotopic (exact) mass is 496 g/mol. The summed E-state index contributed by atoms with van der Waals surface area (Å²) in [7, 11) is 1.82. The van der Waals surface area contributed by atoms with Gasteiger partial charge in [0.05, 0.1) is 6.61 Å². The molecule has 0 bridgehead atoms. The number of unbranched alkanes of at least 4 members (excludes halogenated alkanes) is 3. The summed E-state index contributed by atoms with van der Waals surface area (Å²) < 4.78 is 4.93. The maximum absolute atomic E-state index is 11.2. The van der Waals surface area contributed by atoms with Crippen LogP contribution < -0.4 is 10.6 Å². The molecule has 0 amide bonds. The smallest absolute Gasteiger partial charge is 0.305 e. The molecule has 1 atom stereocenters. The molecule has 1 aliphatic heterocycles. The van der Waals surface area contributed by atoms with Gasteiger partial charge in [-0.2, -0.15) is 0 Å².